The molecule has 5 rings (SSSR count). The van der Waals surface area contributed by atoms with Crippen LogP contribution in [0.2, 0.25) is 5.02 Å². The molecule has 1 aliphatic rings. The van der Waals surface area contributed by atoms with E-state index >= 15 is 0 Å². The van der Waals surface area contributed by atoms with Gasteiger partial charge in [-0.3, -0.25) is 4.90 Å². The van der Waals surface area contributed by atoms with E-state index in [9.17, 15) is 0 Å². The van der Waals surface area contributed by atoms with Crippen LogP contribution < -0.4 is 5.32 Å². The number of anilines is 1. The van der Waals surface area contributed by atoms with Crippen LogP contribution in [0.25, 0.3) is 22.2 Å². The van der Waals surface area contributed by atoms with Gasteiger partial charge in [0.1, 0.15) is 0 Å². The van der Waals surface area contributed by atoms with Gasteiger partial charge in [0.25, 0.3) is 0 Å². The smallest absolute Gasteiger partial charge is 0.223 e. The summed E-state index contributed by atoms with van der Waals surface area (Å²) in [6, 6.07) is 19.2. The fraction of sp³-hybridized carbons (Fsp3) is 0.250. The summed E-state index contributed by atoms with van der Waals surface area (Å²) in [6.07, 6.45) is 5.80. The van der Waals surface area contributed by atoms with E-state index in [-0.39, 0.29) is 0 Å². The number of hydrogen-bond donors (Lipinski definition) is 2. The van der Waals surface area contributed by atoms with Crippen molar-refractivity contribution in [3.8, 4) is 11.3 Å². The molecule has 3 heterocycles. The number of benzene rings is 2. The molecule has 0 spiro atoms. The number of hydrogen-bond acceptors (Lipinski definition) is 4. The minimum Gasteiger partial charge on any atom is -0.360 e. The van der Waals surface area contributed by atoms with E-state index in [1.165, 1.54) is 5.56 Å². The van der Waals surface area contributed by atoms with Gasteiger partial charge in [-0.1, -0.05) is 60.1 Å². The summed E-state index contributed by atoms with van der Waals surface area (Å²) in [6.45, 7) is 3.14. The molecule has 0 aliphatic carbocycles. The minimum atomic E-state index is 0.369. The number of piperidine rings is 1. The van der Waals surface area contributed by atoms with E-state index in [1.54, 1.807) is 6.20 Å². The Morgan fingerprint density at radius 1 is 1.03 bits per heavy atom. The predicted octanol–water partition coefficient (Wildman–Crippen LogP) is 5.35. The van der Waals surface area contributed by atoms with Crippen LogP contribution >= 0.6 is 11.6 Å². The number of para-hydroxylation sites is 1. The topological polar surface area (TPSA) is 56.8 Å². The van der Waals surface area contributed by atoms with E-state index in [0.29, 0.717) is 17.0 Å². The van der Waals surface area contributed by atoms with Crippen LogP contribution in [0.3, 0.4) is 0 Å². The third kappa shape index (κ3) is 4.04. The maximum atomic E-state index is 6.45. The molecular formula is C24H24ClN5. The maximum absolute atomic E-state index is 6.45. The summed E-state index contributed by atoms with van der Waals surface area (Å²) in [7, 11) is 0. The molecule has 0 bridgehead atoms. The van der Waals surface area contributed by atoms with Crippen LogP contribution in [0.1, 0.15) is 18.4 Å². The zero-order valence-electron chi connectivity index (χ0n) is 16.7. The summed E-state index contributed by atoms with van der Waals surface area (Å²) in [5.41, 5.74) is 4.20. The van der Waals surface area contributed by atoms with Crippen molar-refractivity contribution in [3.63, 3.8) is 0 Å². The molecule has 0 saturated carbocycles. The summed E-state index contributed by atoms with van der Waals surface area (Å²) >= 11 is 6.45. The Balaban J connectivity index is 1.27. The number of halogens is 1. The quantitative estimate of drug-likeness (QED) is 0.459. The van der Waals surface area contributed by atoms with Crippen LogP contribution in [0, 0.1) is 0 Å². The Morgan fingerprint density at radius 2 is 1.80 bits per heavy atom. The number of H-pyrrole nitrogens is 1. The number of aromatic nitrogens is 3. The predicted molar refractivity (Wildman–Crippen MR) is 123 cm³/mol. The number of aromatic amines is 1. The van der Waals surface area contributed by atoms with Gasteiger partial charge in [-0.2, -0.15) is 0 Å². The molecule has 0 amide bonds. The molecule has 1 fully saturated rings. The Labute approximate surface area is 181 Å². The fourth-order valence-electron chi connectivity index (χ4n) is 4.15. The summed E-state index contributed by atoms with van der Waals surface area (Å²) in [5, 5.41) is 5.19. The molecule has 0 unspecified atom stereocenters. The second kappa shape index (κ2) is 8.46. The average Bonchev–Trinajstić information content (AvgIpc) is 3.21. The molecule has 6 heteroatoms. The highest BCUT2D eigenvalue weighted by Gasteiger charge is 2.20. The molecule has 1 saturated heterocycles. The SMILES string of the molecule is Clc1cnc(NC2CCN(Cc3ccccc3)CC2)nc1-c1c[nH]c2ccccc12. The molecule has 2 aromatic heterocycles. The first-order valence-corrected chi connectivity index (χ1v) is 10.8. The number of nitrogens with zero attached hydrogens (tertiary/aromatic N) is 3. The van der Waals surface area contributed by atoms with Gasteiger partial charge in [0.15, 0.2) is 0 Å². The monoisotopic (exact) mass is 417 g/mol. The Bertz CT molecular complexity index is 1130. The molecule has 1 aliphatic heterocycles. The highest BCUT2D eigenvalue weighted by atomic mass is 35.5. The third-order valence-corrected chi connectivity index (χ3v) is 6.03. The van der Waals surface area contributed by atoms with Crippen molar-refractivity contribution in [2.45, 2.75) is 25.4 Å². The van der Waals surface area contributed by atoms with Gasteiger partial charge >= 0.3 is 0 Å². The molecule has 30 heavy (non-hydrogen) atoms. The van der Waals surface area contributed by atoms with Crippen molar-refractivity contribution in [1.29, 1.82) is 0 Å². The lowest BCUT2D eigenvalue weighted by atomic mass is 10.0. The third-order valence-electron chi connectivity index (χ3n) is 5.76. The molecule has 152 valence electrons. The first-order valence-electron chi connectivity index (χ1n) is 10.4. The average molecular weight is 418 g/mol. The number of likely N-dealkylation sites (tertiary alicyclic amines) is 1. The Kier molecular flexibility index (Phi) is 5.39. The number of rotatable bonds is 5. The van der Waals surface area contributed by atoms with Crippen LogP contribution in [0.5, 0.6) is 0 Å². The van der Waals surface area contributed by atoms with E-state index in [2.05, 4.69) is 62.6 Å². The largest absolute Gasteiger partial charge is 0.360 e. The van der Waals surface area contributed by atoms with Crippen LogP contribution in [-0.2, 0) is 6.54 Å². The minimum absolute atomic E-state index is 0.369. The summed E-state index contributed by atoms with van der Waals surface area (Å²) < 4.78 is 0. The van der Waals surface area contributed by atoms with Crippen molar-refractivity contribution in [2.75, 3.05) is 18.4 Å². The van der Waals surface area contributed by atoms with Gasteiger partial charge in [-0.05, 0) is 24.5 Å². The molecule has 0 radical (unpaired) electrons. The van der Waals surface area contributed by atoms with Crippen molar-refractivity contribution in [1.82, 2.24) is 19.9 Å². The molecule has 2 aromatic carbocycles. The fourth-order valence-corrected chi connectivity index (χ4v) is 4.35. The lowest BCUT2D eigenvalue weighted by Gasteiger charge is -2.32. The van der Waals surface area contributed by atoms with Crippen molar-refractivity contribution in [2.24, 2.45) is 0 Å². The maximum Gasteiger partial charge on any atom is 0.223 e. The molecule has 0 atom stereocenters. The Hall–Kier alpha value is -2.89. The van der Waals surface area contributed by atoms with Gasteiger partial charge in [0, 0.05) is 48.3 Å². The van der Waals surface area contributed by atoms with E-state index in [1.807, 2.05) is 18.3 Å². The van der Waals surface area contributed by atoms with Crippen molar-refractivity contribution >= 4 is 28.5 Å². The van der Waals surface area contributed by atoms with Crippen LogP contribution in [0.15, 0.2) is 67.0 Å². The zero-order valence-corrected chi connectivity index (χ0v) is 17.4. The number of nitrogens with one attached hydrogen (secondary N) is 2. The lowest BCUT2D eigenvalue weighted by molar-refractivity contribution is 0.211. The molecule has 5 nitrogen and oxygen atoms in total. The van der Waals surface area contributed by atoms with Crippen LogP contribution in [-0.4, -0.2) is 39.0 Å². The number of fused-ring (bicyclic) bond motifs is 1. The summed E-state index contributed by atoms with van der Waals surface area (Å²) in [5.74, 6) is 0.640. The molecule has 4 aromatic rings. The van der Waals surface area contributed by atoms with Gasteiger partial charge in [-0.15, -0.1) is 0 Å². The van der Waals surface area contributed by atoms with Gasteiger partial charge in [0.05, 0.1) is 16.9 Å². The van der Waals surface area contributed by atoms with E-state index < -0.39 is 0 Å². The molecular weight excluding hydrogens is 394 g/mol. The van der Waals surface area contributed by atoms with E-state index in [0.717, 1.165) is 54.6 Å². The lowest BCUT2D eigenvalue weighted by Crippen LogP contribution is -2.39. The highest BCUT2D eigenvalue weighted by molar-refractivity contribution is 6.33. The first-order chi connectivity index (χ1) is 14.8. The Morgan fingerprint density at radius 3 is 2.63 bits per heavy atom. The van der Waals surface area contributed by atoms with Crippen molar-refractivity contribution in [3.05, 3.63) is 77.6 Å². The van der Waals surface area contributed by atoms with Crippen molar-refractivity contribution < 1.29 is 0 Å². The summed E-state index contributed by atoms with van der Waals surface area (Å²) in [4.78, 5) is 15.0. The first kappa shape index (κ1) is 19.1. The van der Waals surface area contributed by atoms with Gasteiger partial charge < -0.3 is 10.3 Å². The van der Waals surface area contributed by atoms with Gasteiger partial charge in [0.2, 0.25) is 5.95 Å². The second-order valence-corrected chi connectivity index (χ2v) is 8.23. The zero-order chi connectivity index (χ0) is 20.3. The molecule has 2 N–H and O–H groups in total. The van der Waals surface area contributed by atoms with Crippen LogP contribution in [0.4, 0.5) is 5.95 Å². The normalized spacial score (nSPS) is 15.5. The van der Waals surface area contributed by atoms with E-state index in [4.69, 9.17) is 16.6 Å². The van der Waals surface area contributed by atoms with Gasteiger partial charge in [-0.25, -0.2) is 9.97 Å². The standard InChI is InChI=1S/C24H24ClN5/c25-21-15-27-24(29-23(21)20-14-26-22-9-5-4-8-19(20)22)28-18-10-12-30(13-11-18)16-17-6-2-1-3-7-17/h1-9,14-15,18,26H,10-13,16H2,(H,27,28,29). The highest BCUT2D eigenvalue weighted by Crippen LogP contribution is 2.32. The second-order valence-electron chi connectivity index (χ2n) is 7.82.